The molecule has 0 fully saturated rings. The molecule has 0 aliphatic carbocycles. The van der Waals surface area contributed by atoms with E-state index in [1.807, 2.05) is 66.5 Å². The predicted octanol–water partition coefficient (Wildman–Crippen LogP) is 7.81. The summed E-state index contributed by atoms with van der Waals surface area (Å²) in [6.45, 7) is 4.13. The fourth-order valence-electron chi connectivity index (χ4n) is 3.18. The number of hydrogen-bond acceptors (Lipinski definition) is 2. The van der Waals surface area contributed by atoms with Crippen molar-refractivity contribution in [1.82, 2.24) is 4.57 Å². The summed E-state index contributed by atoms with van der Waals surface area (Å²) in [6.07, 6.45) is 10.8. The van der Waals surface area contributed by atoms with Crippen molar-refractivity contribution in [2.45, 2.75) is 42.9 Å². The first-order chi connectivity index (χ1) is 14.0. The molecule has 0 atom stereocenters. The van der Waals surface area contributed by atoms with Crippen LogP contribution in [0.2, 0.25) is 10.0 Å². The Balaban J connectivity index is 2.13. The number of rotatable bonds is 7. The first-order valence-electron chi connectivity index (χ1n) is 9.62. The first kappa shape index (κ1) is 21.8. The minimum atomic E-state index is 0.01000. The molecule has 0 unspecified atom stereocenters. The molecule has 2 aromatic carbocycles. The van der Waals surface area contributed by atoms with Crippen molar-refractivity contribution in [1.29, 1.82) is 0 Å². The molecule has 0 amide bonds. The zero-order valence-electron chi connectivity index (χ0n) is 16.5. The highest BCUT2D eigenvalue weighted by atomic mass is 35.5. The zero-order chi connectivity index (χ0) is 20.8. The van der Waals surface area contributed by atoms with Gasteiger partial charge in [-0.1, -0.05) is 78.6 Å². The molecule has 1 aromatic heterocycles. The average molecular weight is 444 g/mol. The van der Waals surface area contributed by atoms with Crippen LogP contribution >= 0.6 is 35.0 Å². The third-order valence-corrected chi connectivity index (χ3v) is 5.92. The van der Waals surface area contributed by atoms with Gasteiger partial charge in [-0.2, -0.15) is 0 Å². The molecule has 3 rings (SSSR count). The van der Waals surface area contributed by atoms with Gasteiger partial charge in [0.25, 0.3) is 0 Å². The molecule has 1 heterocycles. The van der Waals surface area contributed by atoms with E-state index in [0.717, 1.165) is 29.7 Å². The van der Waals surface area contributed by atoms with E-state index in [-0.39, 0.29) is 5.43 Å². The van der Waals surface area contributed by atoms with Gasteiger partial charge in [0, 0.05) is 39.1 Å². The summed E-state index contributed by atoms with van der Waals surface area (Å²) >= 11 is 13.7. The van der Waals surface area contributed by atoms with Crippen molar-refractivity contribution in [3.63, 3.8) is 0 Å². The fourth-order valence-corrected chi connectivity index (χ4v) is 4.84. The van der Waals surface area contributed by atoms with Crippen LogP contribution in [0.5, 0.6) is 0 Å². The second-order valence-electron chi connectivity index (χ2n) is 6.76. The van der Waals surface area contributed by atoms with Crippen molar-refractivity contribution < 1.29 is 0 Å². The molecular weight excluding hydrogens is 421 g/mol. The van der Waals surface area contributed by atoms with Crippen LogP contribution in [0.4, 0.5) is 0 Å². The Kier molecular flexibility index (Phi) is 7.65. The SMILES string of the molecule is CC=Cn1cc(Sc2cc(Cl)cc(Cl)c2)c(=O)c(-c2ccccc2CCCC)c1. The van der Waals surface area contributed by atoms with Gasteiger partial charge in [-0.3, -0.25) is 4.79 Å². The first-order valence-corrected chi connectivity index (χ1v) is 11.2. The van der Waals surface area contributed by atoms with Crippen LogP contribution in [-0.4, -0.2) is 4.57 Å². The normalized spacial score (nSPS) is 11.3. The van der Waals surface area contributed by atoms with E-state index >= 15 is 0 Å². The second-order valence-corrected chi connectivity index (χ2v) is 8.75. The highest BCUT2D eigenvalue weighted by molar-refractivity contribution is 7.99. The number of allylic oxidation sites excluding steroid dienone is 1. The number of aromatic nitrogens is 1. The van der Waals surface area contributed by atoms with Crippen molar-refractivity contribution in [2.75, 3.05) is 0 Å². The third kappa shape index (κ3) is 5.57. The molecule has 2 nitrogen and oxygen atoms in total. The van der Waals surface area contributed by atoms with E-state index in [9.17, 15) is 4.79 Å². The Hall–Kier alpha value is -1.94. The Morgan fingerprint density at radius 1 is 1.03 bits per heavy atom. The van der Waals surface area contributed by atoms with Gasteiger partial charge in [0.2, 0.25) is 5.43 Å². The van der Waals surface area contributed by atoms with Gasteiger partial charge in [0.05, 0.1) is 4.90 Å². The molecule has 0 saturated carbocycles. The van der Waals surface area contributed by atoms with Gasteiger partial charge in [-0.15, -0.1) is 0 Å². The Bertz CT molecular complexity index is 1070. The van der Waals surface area contributed by atoms with Crippen LogP contribution in [-0.2, 0) is 6.42 Å². The smallest absolute Gasteiger partial charge is 0.203 e. The molecule has 150 valence electrons. The van der Waals surface area contributed by atoms with E-state index in [0.29, 0.717) is 20.5 Å². The van der Waals surface area contributed by atoms with Gasteiger partial charge in [-0.05, 0) is 49.1 Å². The summed E-state index contributed by atoms with van der Waals surface area (Å²) < 4.78 is 1.93. The van der Waals surface area contributed by atoms with Crippen LogP contribution in [0.1, 0.15) is 32.3 Å². The Morgan fingerprint density at radius 3 is 2.45 bits per heavy atom. The number of nitrogens with zero attached hydrogens (tertiary/aromatic N) is 1. The van der Waals surface area contributed by atoms with Crippen molar-refractivity contribution in [3.05, 3.63) is 86.8 Å². The quantitative estimate of drug-likeness (QED) is 0.371. The molecule has 0 aliphatic heterocycles. The third-order valence-electron chi connectivity index (χ3n) is 4.51. The Labute approximate surface area is 186 Å². The average Bonchev–Trinajstić information content (AvgIpc) is 2.68. The topological polar surface area (TPSA) is 22.0 Å². The van der Waals surface area contributed by atoms with Crippen LogP contribution in [0.25, 0.3) is 17.3 Å². The van der Waals surface area contributed by atoms with E-state index < -0.39 is 0 Å². The lowest BCUT2D eigenvalue weighted by molar-refractivity contribution is 0.796. The largest absolute Gasteiger partial charge is 0.329 e. The second kappa shape index (κ2) is 10.2. The van der Waals surface area contributed by atoms with E-state index in [4.69, 9.17) is 23.2 Å². The van der Waals surface area contributed by atoms with Crippen LogP contribution in [0.3, 0.4) is 0 Å². The summed E-state index contributed by atoms with van der Waals surface area (Å²) in [6, 6.07) is 13.5. The predicted molar refractivity (Wildman–Crippen MR) is 126 cm³/mol. The molecular formula is C24H23Cl2NOS. The van der Waals surface area contributed by atoms with Gasteiger partial charge in [0.15, 0.2) is 0 Å². The molecule has 3 aromatic rings. The minimum Gasteiger partial charge on any atom is -0.329 e. The molecule has 0 aliphatic rings. The van der Waals surface area contributed by atoms with Crippen molar-refractivity contribution in [2.24, 2.45) is 0 Å². The molecule has 0 spiro atoms. The maximum absolute atomic E-state index is 13.4. The number of unbranched alkanes of at least 4 members (excludes halogenated alkanes) is 1. The summed E-state index contributed by atoms with van der Waals surface area (Å²) in [5.41, 5.74) is 2.91. The standard InChI is InChI=1S/C24H23Cl2NOS/c1-3-5-8-17-9-6-7-10-21(17)22-15-27(11-4-2)16-23(24(22)28)29-20-13-18(25)12-19(26)14-20/h4,6-7,9-16H,3,5,8H2,1-2H3. The van der Waals surface area contributed by atoms with Crippen LogP contribution in [0.15, 0.2) is 75.5 Å². The summed E-state index contributed by atoms with van der Waals surface area (Å²) in [5.74, 6) is 0. The lowest BCUT2D eigenvalue weighted by atomic mass is 9.97. The van der Waals surface area contributed by atoms with Gasteiger partial charge < -0.3 is 4.57 Å². The molecule has 0 bridgehead atoms. The van der Waals surface area contributed by atoms with Crippen LogP contribution in [0, 0.1) is 0 Å². The summed E-state index contributed by atoms with van der Waals surface area (Å²) in [4.78, 5) is 14.9. The van der Waals surface area contributed by atoms with Crippen LogP contribution < -0.4 is 5.43 Å². The van der Waals surface area contributed by atoms with Crippen molar-refractivity contribution >= 4 is 41.2 Å². The summed E-state index contributed by atoms with van der Waals surface area (Å²) in [7, 11) is 0. The number of hydrogen-bond donors (Lipinski definition) is 0. The number of halogens is 2. The molecule has 0 radical (unpaired) electrons. The minimum absolute atomic E-state index is 0.01000. The lowest BCUT2D eigenvalue weighted by Gasteiger charge is -2.13. The number of aryl methyl sites for hydroxylation is 1. The molecule has 29 heavy (non-hydrogen) atoms. The van der Waals surface area contributed by atoms with E-state index in [2.05, 4.69) is 13.0 Å². The van der Waals surface area contributed by atoms with Gasteiger partial charge >= 0.3 is 0 Å². The van der Waals surface area contributed by atoms with Gasteiger partial charge in [0.1, 0.15) is 0 Å². The lowest BCUT2D eigenvalue weighted by Crippen LogP contribution is -2.11. The summed E-state index contributed by atoms with van der Waals surface area (Å²) in [5, 5.41) is 1.10. The van der Waals surface area contributed by atoms with E-state index in [1.54, 1.807) is 6.07 Å². The maximum atomic E-state index is 13.4. The Morgan fingerprint density at radius 2 is 1.76 bits per heavy atom. The molecule has 0 N–H and O–H groups in total. The maximum Gasteiger partial charge on any atom is 0.203 e. The number of benzene rings is 2. The zero-order valence-corrected chi connectivity index (χ0v) is 18.8. The highest BCUT2D eigenvalue weighted by Crippen LogP contribution is 2.32. The highest BCUT2D eigenvalue weighted by Gasteiger charge is 2.14. The number of pyridine rings is 1. The fraction of sp³-hybridized carbons (Fsp3) is 0.208. The van der Waals surface area contributed by atoms with Crippen molar-refractivity contribution in [3.8, 4) is 11.1 Å². The molecule has 5 heteroatoms. The molecule has 0 saturated heterocycles. The van der Waals surface area contributed by atoms with E-state index in [1.165, 1.54) is 17.3 Å². The monoisotopic (exact) mass is 443 g/mol. The van der Waals surface area contributed by atoms with Gasteiger partial charge in [-0.25, -0.2) is 0 Å².